The van der Waals surface area contributed by atoms with Gasteiger partial charge in [0.05, 0.1) is 11.3 Å². The number of amides is 2. The van der Waals surface area contributed by atoms with Gasteiger partial charge in [-0.25, -0.2) is 0 Å². The van der Waals surface area contributed by atoms with Gasteiger partial charge in [-0.2, -0.15) is 0 Å². The van der Waals surface area contributed by atoms with Crippen molar-refractivity contribution in [3.63, 3.8) is 0 Å². The molecule has 2 N–H and O–H groups in total. The van der Waals surface area contributed by atoms with Gasteiger partial charge in [0.15, 0.2) is 6.10 Å². The molecule has 0 saturated heterocycles. The van der Waals surface area contributed by atoms with Crippen molar-refractivity contribution in [1.82, 2.24) is 5.32 Å². The Balaban J connectivity index is 2.03. The number of carbonyl (C=O) groups excluding carboxylic acids is 2. The lowest BCUT2D eigenvalue weighted by atomic mass is 10.1. The van der Waals surface area contributed by atoms with Crippen molar-refractivity contribution in [2.24, 2.45) is 0 Å². The molecular formula is C22H28N2O4. The molecule has 0 unspecified atom stereocenters. The van der Waals surface area contributed by atoms with Crippen LogP contribution in [0.3, 0.4) is 0 Å². The van der Waals surface area contributed by atoms with Gasteiger partial charge in [-0.1, -0.05) is 24.3 Å². The highest BCUT2D eigenvalue weighted by Gasteiger charge is 2.19. The molecule has 0 aliphatic carbocycles. The van der Waals surface area contributed by atoms with Crippen LogP contribution in [0.15, 0.2) is 42.5 Å². The molecule has 28 heavy (non-hydrogen) atoms. The SMILES string of the molecule is COCCCNC(=O)c1ccccc1NC(=O)[C@H](C)Oc1cccc(C)c1C. The number of hydrogen-bond donors (Lipinski definition) is 2. The number of carbonyl (C=O) groups is 2. The number of methoxy groups -OCH3 is 1. The lowest BCUT2D eigenvalue weighted by Gasteiger charge is -2.18. The van der Waals surface area contributed by atoms with Crippen LogP contribution in [-0.2, 0) is 9.53 Å². The van der Waals surface area contributed by atoms with Crippen LogP contribution >= 0.6 is 0 Å². The van der Waals surface area contributed by atoms with E-state index in [2.05, 4.69) is 10.6 Å². The molecule has 1 atom stereocenters. The molecule has 0 aliphatic rings. The molecule has 2 rings (SSSR count). The minimum Gasteiger partial charge on any atom is -0.481 e. The summed E-state index contributed by atoms with van der Waals surface area (Å²) in [6, 6.07) is 12.6. The van der Waals surface area contributed by atoms with Gasteiger partial charge in [0.25, 0.3) is 11.8 Å². The summed E-state index contributed by atoms with van der Waals surface area (Å²) in [4.78, 5) is 25.0. The molecule has 2 amide bonds. The molecule has 6 nitrogen and oxygen atoms in total. The molecule has 0 spiro atoms. The standard InChI is InChI=1S/C22H28N2O4/c1-15-9-7-12-20(16(15)2)28-17(3)21(25)24-19-11-6-5-10-18(19)22(26)23-13-8-14-27-4/h5-7,9-12,17H,8,13-14H2,1-4H3,(H,23,26)(H,24,25)/t17-/m0/s1. The molecule has 2 aromatic carbocycles. The Labute approximate surface area is 166 Å². The zero-order valence-electron chi connectivity index (χ0n) is 16.9. The number of benzene rings is 2. The van der Waals surface area contributed by atoms with Crippen LogP contribution in [0.1, 0.15) is 34.8 Å². The molecule has 0 aromatic heterocycles. The van der Waals surface area contributed by atoms with E-state index in [1.807, 2.05) is 32.0 Å². The second-order valence-corrected chi connectivity index (χ2v) is 6.60. The summed E-state index contributed by atoms with van der Waals surface area (Å²) >= 11 is 0. The Hall–Kier alpha value is -2.86. The Morgan fingerprint density at radius 3 is 2.57 bits per heavy atom. The fraction of sp³-hybridized carbons (Fsp3) is 0.364. The smallest absolute Gasteiger partial charge is 0.265 e. The molecular weight excluding hydrogens is 356 g/mol. The Kier molecular flexibility index (Phi) is 8.02. The predicted molar refractivity (Wildman–Crippen MR) is 110 cm³/mol. The summed E-state index contributed by atoms with van der Waals surface area (Å²) < 4.78 is 10.8. The lowest BCUT2D eigenvalue weighted by molar-refractivity contribution is -0.122. The van der Waals surface area contributed by atoms with Gasteiger partial charge < -0.3 is 20.1 Å². The van der Waals surface area contributed by atoms with Gasteiger partial charge in [0.1, 0.15) is 5.75 Å². The van der Waals surface area contributed by atoms with Gasteiger partial charge in [0, 0.05) is 20.3 Å². The maximum Gasteiger partial charge on any atom is 0.265 e. The first-order chi connectivity index (χ1) is 13.4. The van der Waals surface area contributed by atoms with Crippen LogP contribution < -0.4 is 15.4 Å². The van der Waals surface area contributed by atoms with Gasteiger partial charge in [-0.3, -0.25) is 9.59 Å². The number of ether oxygens (including phenoxy) is 2. The van der Waals surface area contributed by atoms with Crippen molar-refractivity contribution in [2.45, 2.75) is 33.3 Å². The van der Waals surface area contributed by atoms with E-state index < -0.39 is 6.10 Å². The Morgan fingerprint density at radius 1 is 1.07 bits per heavy atom. The molecule has 0 saturated carbocycles. The third-order valence-electron chi connectivity index (χ3n) is 4.47. The third-order valence-corrected chi connectivity index (χ3v) is 4.47. The molecule has 150 valence electrons. The van der Waals surface area contributed by atoms with E-state index in [4.69, 9.17) is 9.47 Å². The van der Waals surface area contributed by atoms with Crippen molar-refractivity contribution in [3.8, 4) is 5.75 Å². The van der Waals surface area contributed by atoms with Crippen LogP contribution in [0.5, 0.6) is 5.75 Å². The molecule has 0 fully saturated rings. The van der Waals surface area contributed by atoms with Crippen molar-refractivity contribution < 1.29 is 19.1 Å². The van der Waals surface area contributed by atoms with Crippen LogP contribution in [-0.4, -0.2) is 38.2 Å². The maximum atomic E-state index is 12.6. The number of anilines is 1. The lowest BCUT2D eigenvalue weighted by Crippen LogP contribution is -2.32. The average Bonchev–Trinajstić information content (AvgIpc) is 2.69. The summed E-state index contributed by atoms with van der Waals surface area (Å²) in [6.45, 7) is 6.71. The molecule has 6 heteroatoms. The van der Waals surface area contributed by atoms with E-state index in [0.717, 1.165) is 17.5 Å². The first kappa shape index (κ1) is 21.4. The van der Waals surface area contributed by atoms with Crippen LogP contribution in [0.4, 0.5) is 5.69 Å². The van der Waals surface area contributed by atoms with Gasteiger partial charge in [0.2, 0.25) is 0 Å². The second-order valence-electron chi connectivity index (χ2n) is 6.60. The van der Waals surface area contributed by atoms with E-state index in [9.17, 15) is 9.59 Å². The highest BCUT2D eigenvalue weighted by Crippen LogP contribution is 2.22. The number of rotatable bonds is 9. The minimum absolute atomic E-state index is 0.241. The number of nitrogens with one attached hydrogen (secondary N) is 2. The quantitative estimate of drug-likeness (QED) is 0.649. The van der Waals surface area contributed by atoms with Crippen LogP contribution in [0.25, 0.3) is 0 Å². The Morgan fingerprint density at radius 2 is 1.82 bits per heavy atom. The fourth-order valence-corrected chi connectivity index (χ4v) is 2.63. The fourth-order valence-electron chi connectivity index (χ4n) is 2.63. The zero-order valence-corrected chi connectivity index (χ0v) is 16.9. The van der Waals surface area contributed by atoms with Gasteiger partial charge in [-0.15, -0.1) is 0 Å². The van der Waals surface area contributed by atoms with Crippen molar-refractivity contribution in [1.29, 1.82) is 0 Å². The normalized spacial score (nSPS) is 11.6. The summed E-state index contributed by atoms with van der Waals surface area (Å²) in [5, 5.41) is 5.63. The average molecular weight is 384 g/mol. The number of para-hydroxylation sites is 1. The number of hydrogen-bond acceptors (Lipinski definition) is 4. The zero-order chi connectivity index (χ0) is 20.5. The summed E-state index contributed by atoms with van der Waals surface area (Å²) in [7, 11) is 1.62. The van der Waals surface area contributed by atoms with Crippen molar-refractivity contribution in [3.05, 3.63) is 59.2 Å². The maximum absolute atomic E-state index is 12.6. The third kappa shape index (κ3) is 5.82. The second kappa shape index (κ2) is 10.5. The van der Waals surface area contributed by atoms with Crippen LogP contribution in [0.2, 0.25) is 0 Å². The van der Waals surface area contributed by atoms with Crippen LogP contribution in [0, 0.1) is 13.8 Å². The minimum atomic E-state index is -0.710. The first-order valence-corrected chi connectivity index (χ1v) is 9.34. The van der Waals surface area contributed by atoms with E-state index in [0.29, 0.717) is 30.2 Å². The molecule has 2 aromatic rings. The van der Waals surface area contributed by atoms with Gasteiger partial charge >= 0.3 is 0 Å². The summed E-state index contributed by atoms with van der Waals surface area (Å²) in [6.07, 6.45) is 0.00984. The first-order valence-electron chi connectivity index (χ1n) is 9.34. The predicted octanol–water partition coefficient (Wildman–Crippen LogP) is 3.48. The highest BCUT2D eigenvalue weighted by molar-refractivity contribution is 6.04. The van der Waals surface area contributed by atoms with E-state index in [-0.39, 0.29) is 11.8 Å². The highest BCUT2D eigenvalue weighted by atomic mass is 16.5. The monoisotopic (exact) mass is 384 g/mol. The Bertz CT molecular complexity index is 820. The van der Waals surface area contributed by atoms with E-state index in [1.54, 1.807) is 38.3 Å². The molecule has 0 heterocycles. The molecule has 0 bridgehead atoms. The van der Waals surface area contributed by atoms with E-state index >= 15 is 0 Å². The largest absolute Gasteiger partial charge is 0.481 e. The number of aryl methyl sites for hydroxylation is 1. The van der Waals surface area contributed by atoms with Gasteiger partial charge in [-0.05, 0) is 56.5 Å². The molecule has 0 aliphatic heterocycles. The summed E-state index contributed by atoms with van der Waals surface area (Å²) in [5.41, 5.74) is 2.96. The molecule has 0 radical (unpaired) electrons. The topological polar surface area (TPSA) is 76.7 Å². The van der Waals surface area contributed by atoms with Crippen molar-refractivity contribution in [2.75, 3.05) is 25.6 Å². The van der Waals surface area contributed by atoms with Crippen molar-refractivity contribution >= 4 is 17.5 Å². The van der Waals surface area contributed by atoms with E-state index in [1.165, 1.54) is 0 Å². The summed E-state index contributed by atoms with van der Waals surface area (Å²) in [5.74, 6) is 0.113.